The van der Waals surface area contributed by atoms with Crippen LogP contribution in [0.25, 0.3) is 11.3 Å². The van der Waals surface area contributed by atoms with Crippen molar-refractivity contribution >= 4 is 24.0 Å². The van der Waals surface area contributed by atoms with Gasteiger partial charge in [-0.05, 0) is 49.1 Å². The number of ketones is 1. The third-order valence-corrected chi connectivity index (χ3v) is 5.38. The predicted octanol–water partition coefficient (Wildman–Crippen LogP) is 3.79. The number of ether oxygens (including phenoxy) is 1. The first-order valence-corrected chi connectivity index (χ1v) is 10.1. The Bertz CT molecular complexity index is 990. The molecule has 1 saturated heterocycles. The van der Waals surface area contributed by atoms with E-state index < -0.39 is 5.41 Å². The summed E-state index contributed by atoms with van der Waals surface area (Å²) in [6, 6.07) is 8.84. The first-order chi connectivity index (χ1) is 14.2. The van der Waals surface area contributed by atoms with Gasteiger partial charge in [0, 0.05) is 12.0 Å². The zero-order valence-electron chi connectivity index (χ0n) is 18.1. The van der Waals surface area contributed by atoms with Gasteiger partial charge in [-0.2, -0.15) is 5.26 Å². The van der Waals surface area contributed by atoms with Crippen LogP contribution in [0.1, 0.15) is 50.7 Å². The number of nitrogens with two attached hydrogens (primary N) is 1. The number of phenols is 1. The number of piperidine rings is 1. The van der Waals surface area contributed by atoms with E-state index in [1.807, 2.05) is 20.8 Å². The van der Waals surface area contributed by atoms with E-state index in [1.165, 1.54) is 6.07 Å². The molecule has 1 aliphatic rings. The van der Waals surface area contributed by atoms with Crippen LogP contribution in [0, 0.1) is 16.7 Å². The average Bonchev–Trinajstić information content (AvgIpc) is 2.71. The summed E-state index contributed by atoms with van der Waals surface area (Å²) >= 11 is 0. The van der Waals surface area contributed by atoms with Crippen molar-refractivity contribution in [3.8, 4) is 28.8 Å². The number of aromatic nitrogens is 1. The van der Waals surface area contributed by atoms with Crippen molar-refractivity contribution in [3.05, 3.63) is 35.4 Å². The minimum atomic E-state index is -0.532. The van der Waals surface area contributed by atoms with E-state index in [0.29, 0.717) is 22.6 Å². The fraction of sp³-hybridized carbons (Fsp3) is 0.435. The number of carbonyl (C=O) groups excluding carboxylic acids is 1. The van der Waals surface area contributed by atoms with E-state index >= 15 is 0 Å². The molecule has 1 atom stereocenters. The topological polar surface area (TPSA) is 121 Å². The van der Waals surface area contributed by atoms with Gasteiger partial charge in [0.15, 0.2) is 5.78 Å². The highest BCUT2D eigenvalue weighted by Gasteiger charge is 2.25. The molecule has 7 nitrogen and oxygen atoms in total. The third kappa shape index (κ3) is 5.46. The van der Waals surface area contributed by atoms with Crippen LogP contribution in [-0.4, -0.2) is 35.6 Å². The van der Waals surface area contributed by atoms with Crippen molar-refractivity contribution in [2.24, 2.45) is 5.41 Å². The second-order valence-corrected chi connectivity index (χ2v) is 8.62. The van der Waals surface area contributed by atoms with E-state index in [-0.39, 0.29) is 42.3 Å². The Kier molecular flexibility index (Phi) is 7.88. The highest BCUT2D eigenvalue weighted by atomic mass is 35.5. The van der Waals surface area contributed by atoms with Crippen LogP contribution in [0.4, 0.5) is 5.82 Å². The van der Waals surface area contributed by atoms with Gasteiger partial charge in [-0.15, -0.1) is 12.4 Å². The molecule has 0 bridgehead atoms. The number of pyridine rings is 1. The number of halogens is 1. The molecule has 0 radical (unpaired) electrons. The Morgan fingerprint density at radius 3 is 2.77 bits per heavy atom. The number of nitrogen functional groups attached to an aromatic ring is 1. The fourth-order valence-corrected chi connectivity index (χ4v) is 3.53. The first kappa shape index (κ1) is 24.4. The number of carbonyl (C=O) groups is 1. The Morgan fingerprint density at radius 1 is 1.42 bits per heavy atom. The number of rotatable bonds is 5. The molecule has 0 aliphatic carbocycles. The minimum Gasteiger partial charge on any atom is -0.507 e. The van der Waals surface area contributed by atoms with Crippen LogP contribution in [0.5, 0.6) is 11.5 Å². The van der Waals surface area contributed by atoms with Crippen LogP contribution >= 0.6 is 12.4 Å². The zero-order valence-corrected chi connectivity index (χ0v) is 18.9. The van der Waals surface area contributed by atoms with E-state index in [9.17, 15) is 15.2 Å². The van der Waals surface area contributed by atoms with Crippen molar-refractivity contribution in [2.75, 3.05) is 25.4 Å². The standard InChI is InChI=1S/C23H28N4O3.ClH/c1-23(2,3)20(29)13-30-19-8-4-7-18(28)21(19)17-10-15(14-6-5-9-26-12-14)16(11-24)22(25)27-17;/h4,7-8,10,14,26,28H,5-6,9,12-13H2,1-3H3,(H2,25,27);1H. The van der Waals surface area contributed by atoms with Gasteiger partial charge in [0.1, 0.15) is 30.0 Å². The van der Waals surface area contributed by atoms with Gasteiger partial charge in [0.2, 0.25) is 0 Å². The number of nitrogens with zero attached hydrogens (tertiary/aromatic N) is 2. The van der Waals surface area contributed by atoms with E-state index in [1.54, 1.807) is 18.2 Å². The lowest BCUT2D eigenvalue weighted by Gasteiger charge is -2.25. The summed E-state index contributed by atoms with van der Waals surface area (Å²) in [5.41, 5.74) is 7.56. The van der Waals surface area contributed by atoms with Gasteiger partial charge < -0.3 is 20.9 Å². The van der Waals surface area contributed by atoms with Gasteiger partial charge >= 0.3 is 0 Å². The summed E-state index contributed by atoms with van der Waals surface area (Å²) < 4.78 is 5.77. The maximum Gasteiger partial charge on any atom is 0.175 e. The van der Waals surface area contributed by atoms with Gasteiger partial charge in [0.05, 0.1) is 16.8 Å². The zero-order chi connectivity index (χ0) is 21.9. The number of nitriles is 1. The van der Waals surface area contributed by atoms with Crippen LogP contribution < -0.4 is 15.8 Å². The number of anilines is 1. The lowest BCUT2D eigenvalue weighted by atomic mass is 9.88. The minimum absolute atomic E-state index is 0. The van der Waals surface area contributed by atoms with E-state index in [4.69, 9.17) is 10.5 Å². The predicted molar refractivity (Wildman–Crippen MR) is 123 cm³/mol. The van der Waals surface area contributed by atoms with Gasteiger partial charge in [-0.1, -0.05) is 26.8 Å². The molecule has 166 valence electrons. The van der Waals surface area contributed by atoms with Gasteiger partial charge in [0.25, 0.3) is 0 Å². The van der Waals surface area contributed by atoms with E-state index in [0.717, 1.165) is 31.5 Å². The molecular formula is C23H29ClN4O3. The SMILES string of the molecule is CC(C)(C)C(=O)COc1cccc(O)c1-c1cc(C2CCCNC2)c(C#N)c(N)n1.Cl. The summed E-state index contributed by atoms with van der Waals surface area (Å²) in [6.45, 7) is 7.07. The van der Waals surface area contributed by atoms with Crippen LogP contribution in [0.3, 0.4) is 0 Å². The summed E-state index contributed by atoms with van der Waals surface area (Å²) in [5, 5.41) is 23.5. The van der Waals surface area contributed by atoms with Crippen LogP contribution in [-0.2, 0) is 4.79 Å². The third-order valence-electron chi connectivity index (χ3n) is 5.38. The fourth-order valence-electron chi connectivity index (χ4n) is 3.53. The molecule has 4 N–H and O–H groups in total. The number of hydrogen-bond acceptors (Lipinski definition) is 7. The second kappa shape index (κ2) is 9.99. The molecule has 2 aromatic rings. The van der Waals surface area contributed by atoms with E-state index in [2.05, 4.69) is 16.4 Å². The summed E-state index contributed by atoms with van der Waals surface area (Å²) in [4.78, 5) is 16.7. The first-order valence-electron chi connectivity index (χ1n) is 10.1. The number of phenolic OH excluding ortho intramolecular Hbond substituents is 1. The number of nitrogens with one attached hydrogen (secondary N) is 1. The summed E-state index contributed by atoms with van der Waals surface area (Å²) in [5.74, 6) is 0.515. The van der Waals surface area contributed by atoms with Crippen molar-refractivity contribution in [1.82, 2.24) is 10.3 Å². The van der Waals surface area contributed by atoms with Crippen molar-refractivity contribution in [1.29, 1.82) is 5.26 Å². The highest BCUT2D eigenvalue weighted by molar-refractivity contribution is 5.86. The quantitative estimate of drug-likeness (QED) is 0.641. The normalized spacial score (nSPS) is 16.1. The Labute approximate surface area is 189 Å². The lowest BCUT2D eigenvalue weighted by Crippen LogP contribution is -2.29. The molecule has 0 saturated carbocycles. The second-order valence-electron chi connectivity index (χ2n) is 8.62. The molecule has 1 fully saturated rings. The maximum atomic E-state index is 12.3. The molecule has 31 heavy (non-hydrogen) atoms. The Hall–Kier alpha value is -2.82. The molecule has 0 spiro atoms. The number of benzene rings is 1. The maximum absolute atomic E-state index is 12.3. The Balaban J connectivity index is 0.00000341. The molecule has 2 heterocycles. The molecule has 1 aromatic carbocycles. The summed E-state index contributed by atoms with van der Waals surface area (Å²) in [7, 11) is 0. The molecule has 3 rings (SSSR count). The monoisotopic (exact) mass is 444 g/mol. The number of Topliss-reactive ketones (excluding diaryl/α,β-unsaturated/α-hetero) is 1. The molecular weight excluding hydrogens is 416 g/mol. The van der Waals surface area contributed by atoms with Crippen molar-refractivity contribution in [2.45, 2.75) is 39.5 Å². The largest absolute Gasteiger partial charge is 0.507 e. The highest BCUT2D eigenvalue weighted by Crippen LogP contribution is 2.40. The van der Waals surface area contributed by atoms with Crippen molar-refractivity contribution in [3.63, 3.8) is 0 Å². The van der Waals surface area contributed by atoms with Crippen LogP contribution in [0.15, 0.2) is 24.3 Å². The molecule has 8 heteroatoms. The van der Waals surface area contributed by atoms with Crippen LogP contribution in [0.2, 0.25) is 0 Å². The number of hydrogen-bond donors (Lipinski definition) is 3. The van der Waals surface area contributed by atoms with Gasteiger partial charge in [-0.3, -0.25) is 4.79 Å². The lowest BCUT2D eigenvalue weighted by molar-refractivity contribution is -0.128. The molecule has 1 aromatic heterocycles. The Morgan fingerprint density at radius 2 is 2.16 bits per heavy atom. The average molecular weight is 445 g/mol. The molecule has 1 aliphatic heterocycles. The summed E-state index contributed by atoms with van der Waals surface area (Å²) in [6.07, 6.45) is 1.95. The van der Waals surface area contributed by atoms with Gasteiger partial charge in [-0.25, -0.2) is 4.98 Å². The van der Waals surface area contributed by atoms with Crippen molar-refractivity contribution < 1.29 is 14.6 Å². The molecule has 1 unspecified atom stereocenters. The number of aromatic hydroxyl groups is 1. The molecule has 0 amide bonds. The smallest absolute Gasteiger partial charge is 0.175 e.